The van der Waals surface area contributed by atoms with Crippen LogP contribution in [0.15, 0.2) is 85.1 Å². The predicted octanol–water partition coefficient (Wildman–Crippen LogP) is 15.1. The summed E-state index contributed by atoms with van der Waals surface area (Å²) in [5.41, 5.74) is 0. The van der Waals surface area contributed by atoms with Crippen molar-refractivity contribution in [3.63, 3.8) is 0 Å². The van der Waals surface area contributed by atoms with Crippen molar-refractivity contribution >= 4 is 23.9 Å². The lowest BCUT2D eigenvalue weighted by molar-refractivity contribution is -0.301. The molecule has 0 aromatic rings. The molecule has 0 saturated carbocycles. The van der Waals surface area contributed by atoms with Gasteiger partial charge in [0.2, 0.25) is 0 Å². The lowest BCUT2D eigenvalue weighted by atomic mass is 9.98. The van der Waals surface area contributed by atoms with E-state index in [1.807, 2.05) is 0 Å². The Labute approximate surface area is 454 Å². The molecule has 0 bridgehead atoms. The minimum atomic E-state index is -1.91. The Bertz CT molecular complexity index is 1630. The highest BCUT2D eigenvalue weighted by Crippen LogP contribution is 2.26. The quantitative estimate of drug-likeness (QED) is 0.0228. The Morgan fingerprint density at radius 1 is 0.453 bits per heavy atom. The van der Waals surface area contributed by atoms with Gasteiger partial charge >= 0.3 is 23.9 Å². The van der Waals surface area contributed by atoms with Crippen LogP contribution in [0.25, 0.3) is 0 Å². The summed E-state index contributed by atoms with van der Waals surface area (Å²) in [4.78, 5) is 51.1. The molecule has 12 heteroatoms. The molecule has 6 unspecified atom stereocenters. The highest BCUT2D eigenvalue weighted by molar-refractivity contribution is 5.74. The Kier molecular flexibility index (Phi) is 46.6. The number of rotatable bonds is 49. The summed E-state index contributed by atoms with van der Waals surface area (Å²) in [5, 5.41) is 31.5. The fourth-order valence-corrected chi connectivity index (χ4v) is 8.38. The second-order valence-electron chi connectivity index (χ2n) is 19.9. The molecule has 1 heterocycles. The van der Waals surface area contributed by atoms with Gasteiger partial charge in [-0.1, -0.05) is 189 Å². The summed E-state index contributed by atoms with van der Waals surface area (Å²) >= 11 is 0. The number of carboxylic acid groups (broad SMARTS) is 1. The molecule has 6 atom stereocenters. The highest BCUT2D eigenvalue weighted by Gasteiger charge is 2.50. The molecule has 0 aromatic heterocycles. The normalized spacial score (nSPS) is 18.8. The van der Waals surface area contributed by atoms with Crippen LogP contribution < -0.4 is 0 Å². The average Bonchev–Trinajstić information content (AvgIpc) is 3.39. The molecular weight excluding hydrogens is 949 g/mol. The number of aliphatic hydroxyl groups is 2. The monoisotopic (exact) mass is 1050 g/mol. The Hall–Kier alpha value is -4.10. The van der Waals surface area contributed by atoms with E-state index in [4.69, 9.17) is 23.7 Å². The molecule has 12 nitrogen and oxygen atoms in total. The van der Waals surface area contributed by atoms with Gasteiger partial charge in [0.15, 0.2) is 24.6 Å². The minimum absolute atomic E-state index is 0.0383. The van der Waals surface area contributed by atoms with Crippen molar-refractivity contribution in [2.45, 2.75) is 276 Å². The fourth-order valence-electron chi connectivity index (χ4n) is 8.38. The van der Waals surface area contributed by atoms with Gasteiger partial charge in [0.1, 0.15) is 18.8 Å². The summed E-state index contributed by atoms with van der Waals surface area (Å²) in [7, 11) is 0. The smallest absolute Gasteiger partial charge is 0.335 e. The Balaban J connectivity index is 2.72. The van der Waals surface area contributed by atoms with Crippen LogP contribution in [0.2, 0.25) is 0 Å². The van der Waals surface area contributed by atoms with Crippen LogP contribution in [0.1, 0.15) is 239 Å². The summed E-state index contributed by atoms with van der Waals surface area (Å²) in [5.74, 6) is -3.18. The molecule has 0 radical (unpaired) electrons. The first-order valence-corrected chi connectivity index (χ1v) is 29.6. The summed E-state index contributed by atoms with van der Waals surface area (Å²) in [6.07, 6.45) is 52.6. The highest BCUT2D eigenvalue weighted by atomic mass is 16.7. The maximum Gasteiger partial charge on any atom is 0.335 e. The van der Waals surface area contributed by atoms with Gasteiger partial charge in [0.25, 0.3) is 0 Å². The van der Waals surface area contributed by atoms with Crippen LogP contribution in [0.3, 0.4) is 0 Å². The molecule has 3 N–H and O–H groups in total. The number of allylic oxidation sites excluding steroid dienone is 14. The zero-order valence-corrected chi connectivity index (χ0v) is 47.0. The third kappa shape index (κ3) is 40.8. The van der Waals surface area contributed by atoms with Gasteiger partial charge < -0.3 is 39.0 Å². The van der Waals surface area contributed by atoms with E-state index in [1.165, 1.54) is 44.9 Å². The Morgan fingerprint density at radius 3 is 1.32 bits per heavy atom. The molecule has 0 spiro atoms. The van der Waals surface area contributed by atoms with Crippen molar-refractivity contribution in [1.82, 2.24) is 0 Å². The van der Waals surface area contributed by atoms with E-state index < -0.39 is 67.3 Å². The van der Waals surface area contributed by atoms with Gasteiger partial charge in [-0.15, -0.1) is 0 Å². The molecule has 1 rings (SSSR count). The van der Waals surface area contributed by atoms with Crippen molar-refractivity contribution in [3.8, 4) is 0 Å². The first kappa shape index (κ1) is 68.9. The van der Waals surface area contributed by atoms with E-state index in [0.29, 0.717) is 19.3 Å². The average molecular weight is 1050 g/mol. The number of esters is 3. The fraction of sp³-hybridized carbons (Fsp3) is 0.714. The molecule has 0 aromatic carbocycles. The van der Waals surface area contributed by atoms with Crippen molar-refractivity contribution < 1.29 is 58.2 Å². The zero-order valence-electron chi connectivity index (χ0n) is 47.0. The standard InChI is InChI=1S/C63H104O12/c1-4-7-10-13-16-19-22-25-27-28-30-32-34-37-40-43-46-49-55(64)71-52-54(73-56(65)50-47-44-41-38-35-31-24-21-18-15-12-9-6-3)53-72-63-61(59(68)58(67)60(75-63)62(69)70)74-57(66)51-48-45-42-39-36-33-29-26-23-20-17-14-11-8-5-2/h7,10,16-17,19-21,24-27,29-30,32,54,58-61,63,67-68H,4-6,8-9,11-15,18,22-23,28,31,33-53H2,1-3H3,(H,69,70)/b10-7-,19-16-,20-17-,24-21-,27-25-,29-26-,32-30-. The number of aliphatic carboxylic acids is 1. The van der Waals surface area contributed by atoms with Crippen LogP contribution in [-0.4, -0.2) is 89.2 Å². The van der Waals surface area contributed by atoms with E-state index in [2.05, 4.69) is 106 Å². The minimum Gasteiger partial charge on any atom is -0.479 e. The van der Waals surface area contributed by atoms with Crippen LogP contribution in [0.5, 0.6) is 0 Å². The second-order valence-corrected chi connectivity index (χ2v) is 19.9. The Morgan fingerprint density at radius 2 is 0.840 bits per heavy atom. The molecule has 1 aliphatic rings. The molecule has 1 aliphatic heterocycles. The molecule has 0 amide bonds. The molecule has 428 valence electrons. The van der Waals surface area contributed by atoms with Crippen molar-refractivity contribution in [1.29, 1.82) is 0 Å². The summed E-state index contributed by atoms with van der Waals surface area (Å²) < 4.78 is 28.4. The first-order chi connectivity index (χ1) is 36.6. The maximum absolute atomic E-state index is 13.1. The lowest BCUT2D eigenvalue weighted by Gasteiger charge is -2.40. The van der Waals surface area contributed by atoms with Gasteiger partial charge in [-0.05, 0) is 116 Å². The third-order valence-electron chi connectivity index (χ3n) is 12.9. The maximum atomic E-state index is 13.1. The third-order valence-corrected chi connectivity index (χ3v) is 12.9. The van der Waals surface area contributed by atoms with Crippen LogP contribution >= 0.6 is 0 Å². The van der Waals surface area contributed by atoms with Gasteiger partial charge in [-0.25, -0.2) is 4.79 Å². The van der Waals surface area contributed by atoms with E-state index >= 15 is 0 Å². The number of carbonyl (C=O) groups is 4. The molecule has 1 fully saturated rings. The van der Waals surface area contributed by atoms with E-state index in [1.54, 1.807) is 0 Å². The van der Waals surface area contributed by atoms with E-state index in [0.717, 1.165) is 135 Å². The predicted molar refractivity (Wildman–Crippen MR) is 303 cm³/mol. The SMILES string of the molecule is CC/C=C\C/C=C\C/C=C\C/C=C\CCCCCCC(=O)OCC(COC1OC(C(=O)O)C(O)C(O)C1OC(=O)CCCCCCC/C=C\C/C=C\CCCCC)OC(=O)CCCCCCC/C=C\CCCCCC. The molecule has 75 heavy (non-hydrogen) atoms. The number of hydrogen-bond donors (Lipinski definition) is 3. The van der Waals surface area contributed by atoms with Crippen molar-refractivity contribution in [2.24, 2.45) is 0 Å². The zero-order chi connectivity index (χ0) is 54.7. The van der Waals surface area contributed by atoms with Crippen molar-refractivity contribution in [3.05, 3.63) is 85.1 Å². The molecular formula is C63H104O12. The largest absolute Gasteiger partial charge is 0.479 e. The van der Waals surface area contributed by atoms with E-state index in [-0.39, 0.29) is 25.9 Å². The summed E-state index contributed by atoms with van der Waals surface area (Å²) in [6, 6.07) is 0. The summed E-state index contributed by atoms with van der Waals surface area (Å²) in [6.45, 7) is 5.80. The van der Waals surface area contributed by atoms with E-state index in [9.17, 15) is 34.5 Å². The van der Waals surface area contributed by atoms with Crippen LogP contribution in [0.4, 0.5) is 0 Å². The van der Waals surface area contributed by atoms with Crippen LogP contribution in [0, 0.1) is 0 Å². The number of unbranched alkanes of at least 4 members (excludes halogenated alkanes) is 21. The topological polar surface area (TPSA) is 175 Å². The van der Waals surface area contributed by atoms with Gasteiger partial charge in [0, 0.05) is 19.3 Å². The molecule has 0 aliphatic carbocycles. The number of ether oxygens (including phenoxy) is 5. The molecule has 1 saturated heterocycles. The lowest BCUT2D eigenvalue weighted by Crippen LogP contribution is -2.61. The van der Waals surface area contributed by atoms with Gasteiger partial charge in [-0.3, -0.25) is 14.4 Å². The number of hydrogen-bond acceptors (Lipinski definition) is 11. The van der Waals surface area contributed by atoms with Crippen LogP contribution in [-0.2, 0) is 42.9 Å². The van der Waals surface area contributed by atoms with Gasteiger partial charge in [0.05, 0.1) is 6.61 Å². The van der Waals surface area contributed by atoms with Gasteiger partial charge in [-0.2, -0.15) is 0 Å². The second kappa shape index (κ2) is 50.7. The number of aliphatic hydroxyl groups excluding tert-OH is 2. The number of carbonyl (C=O) groups excluding carboxylic acids is 3. The first-order valence-electron chi connectivity index (χ1n) is 29.6. The number of carboxylic acids is 1. The van der Waals surface area contributed by atoms with Crippen molar-refractivity contribution in [2.75, 3.05) is 13.2 Å².